The first-order valence-corrected chi connectivity index (χ1v) is 9.85. The number of benzene rings is 2. The fourth-order valence-electron chi connectivity index (χ4n) is 4.17. The second kappa shape index (κ2) is 7.26. The smallest absolute Gasteiger partial charge is 0.267 e. The van der Waals surface area contributed by atoms with E-state index in [0.29, 0.717) is 18.0 Å². The Balaban J connectivity index is 1.37. The minimum atomic E-state index is -0.621. The largest absolute Gasteiger partial charge is 0.485 e. The summed E-state index contributed by atoms with van der Waals surface area (Å²) in [5.74, 6) is 2.79. The number of fused-ring (bicyclic) bond motifs is 2. The van der Waals surface area contributed by atoms with Crippen LogP contribution < -0.4 is 18.9 Å². The molecule has 2 heterocycles. The molecule has 1 fully saturated rings. The molecule has 2 aliphatic heterocycles. The van der Waals surface area contributed by atoms with Gasteiger partial charge in [0.25, 0.3) is 5.91 Å². The maximum atomic E-state index is 13.4. The highest BCUT2D eigenvalue weighted by molar-refractivity contribution is 5.82. The maximum absolute atomic E-state index is 13.4. The molecule has 1 amide bonds. The predicted octanol–water partition coefficient (Wildman–Crippen LogP) is 3.53. The SMILES string of the molecule is O=C([C@H]1COc2ccccc2O1)N(Cc1ccc2c(c1)OCO2)C1CCCC1. The van der Waals surface area contributed by atoms with Crippen molar-refractivity contribution in [2.75, 3.05) is 13.4 Å². The Morgan fingerprint density at radius 3 is 2.54 bits per heavy atom. The average Bonchev–Trinajstić information content (AvgIpc) is 3.42. The molecule has 2 aromatic carbocycles. The Kier molecular flexibility index (Phi) is 4.47. The Morgan fingerprint density at radius 1 is 0.929 bits per heavy atom. The monoisotopic (exact) mass is 381 g/mol. The van der Waals surface area contributed by atoms with Crippen LogP contribution in [0.3, 0.4) is 0 Å². The van der Waals surface area contributed by atoms with E-state index in [1.807, 2.05) is 47.4 Å². The van der Waals surface area contributed by atoms with Gasteiger partial charge in [-0.2, -0.15) is 0 Å². The molecule has 2 aromatic rings. The highest BCUT2D eigenvalue weighted by Crippen LogP contribution is 2.35. The van der Waals surface area contributed by atoms with Crippen LogP contribution in [0.4, 0.5) is 0 Å². The number of amides is 1. The van der Waals surface area contributed by atoms with Crippen LogP contribution in [0.15, 0.2) is 42.5 Å². The van der Waals surface area contributed by atoms with Crippen LogP contribution in [0.25, 0.3) is 0 Å². The van der Waals surface area contributed by atoms with Crippen LogP contribution in [0.2, 0.25) is 0 Å². The first-order chi connectivity index (χ1) is 13.8. The number of rotatable bonds is 4. The van der Waals surface area contributed by atoms with Gasteiger partial charge in [-0.3, -0.25) is 4.79 Å². The normalized spacial score (nSPS) is 20.2. The van der Waals surface area contributed by atoms with E-state index in [1.54, 1.807) is 0 Å². The lowest BCUT2D eigenvalue weighted by molar-refractivity contribution is -0.144. The lowest BCUT2D eigenvalue weighted by Gasteiger charge is -2.34. The summed E-state index contributed by atoms with van der Waals surface area (Å²) in [5, 5.41) is 0. The number of nitrogens with zero attached hydrogens (tertiary/aromatic N) is 1. The van der Waals surface area contributed by atoms with Crippen molar-refractivity contribution >= 4 is 5.91 Å². The van der Waals surface area contributed by atoms with Crippen molar-refractivity contribution in [3.05, 3.63) is 48.0 Å². The zero-order valence-electron chi connectivity index (χ0n) is 15.6. The Hall–Kier alpha value is -2.89. The van der Waals surface area contributed by atoms with Gasteiger partial charge in [0.05, 0.1) is 0 Å². The summed E-state index contributed by atoms with van der Waals surface area (Å²) in [5.41, 5.74) is 1.03. The van der Waals surface area contributed by atoms with Gasteiger partial charge in [-0.25, -0.2) is 0 Å². The fraction of sp³-hybridized carbons (Fsp3) is 0.409. The molecule has 146 valence electrons. The van der Waals surface area contributed by atoms with Crippen molar-refractivity contribution < 1.29 is 23.7 Å². The first kappa shape index (κ1) is 17.2. The number of hydrogen-bond acceptors (Lipinski definition) is 5. The molecular formula is C22H23NO5. The minimum absolute atomic E-state index is 0.0148. The van der Waals surface area contributed by atoms with Crippen molar-refractivity contribution in [3.63, 3.8) is 0 Å². The van der Waals surface area contributed by atoms with Crippen LogP contribution in [-0.2, 0) is 11.3 Å². The third kappa shape index (κ3) is 3.23. The van der Waals surface area contributed by atoms with Crippen molar-refractivity contribution in [2.24, 2.45) is 0 Å². The van der Waals surface area contributed by atoms with E-state index >= 15 is 0 Å². The summed E-state index contributed by atoms with van der Waals surface area (Å²) < 4.78 is 22.6. The molecule has 0 aromatic heterocycles. The number of carbonyl (C=O) groups excluding carboxylic acids is 1. The zero-order valence-corrected chi connectivity index (χ0v) is 15.6. The van der Waals surface area contributed by atoms with Crippen molar-refractivity contribution in [2.45, 2.75) is 44.4 Å². The molecule has 0 spiro atoms. The fourth-order valence-corrected chi connectivity index (χ4v) is 4.17. The van der Waals surface area contributed by atoms with Crippen molar-refractivity contribution in [1.29, 1.82) is 0 Å². The second-order valence-electron chi connectivity index (χ2n) is 7.46. The molecule has 0 saturated heterocycles. The van der Waals surface area contributed by atoms with E-state index in [4.69, 9.17) is 18.9 Å². The molecule has 1 atom stereocenters. The Labute approximate surface area is 163 Å². The van der Waals surface area contributed by atoms with Crippen LogP contribution in [0.5, 0.6) is 23.0 Å². The topological polar surface area (TPSA) is 57.2 Å². The summed E-state index contributed by atoms with van der Waals surface area (Å²) in [6, 6.07) is 13.6. The summed E-state index contributed by atoms with van der Waals surface area (Å²) in [6.45, 7) is 1.01. The van der Waals surface area contributed by atoms with Crippen LogP contribution in [-0.4, -0.2) is 36.4 Å². The number of carbonyl (C=O) groups is 1. The van der Waals surface area contributed by atoms with E-state index in [1.165, 1.54) is 0 Å². The molecule has 1 saturated carbocycles. The molecule has 6 nitrogen and oxygen atoms in total. The Bertz CT molecular complexity index is 877. The van der Waals surface area contributed by atoms with Gasteiger partial charge in [0.15, 0.2) is 23.0 Å². The Morgan fingerprint density at radius 2 is 1.68 bits per heavy atom. The summed E-state index contributed by atoms with van der Waals surface area (Å²) in [6.07, 6.45) is 3.74. The molecule has 0 unspecified atom stereocenters. The zero-order chi connectivity index (χ0) is 18.9. The lowest BCUT2D eigenvalue weighted by atomic mass is 10.1. The van der Waals surface area contributed by atoms with Gasteiger partial charge < -0.3 is 23.8 Å². The third-order valence-electron chi connectivity index (χ3n) is 5.62. The van der Waals surface area contributed by atoms with Crippen LogP contribution in [0, 0.1) is 0 Å². The summed E-state index contributed by atoms with van der Waals surface area (Å²) in [7, 11) is 0. The molecule has 0 radical (unpaired) electrons. The minimum Gasteiger partial charge on any atom is -0.485 e. The average molecular weight is 381 g/mol. The van der Waals surface area contributed by atoms with Gasteiger partial charge in [-0.15, -0.1) is 0 Å². The first-order valence-electron chi connectivity index (χ1n) is 9.85. The summed E-state index contributed by atoms with van der Waals surface area (Å²) in [4.78, 5) is 15.4. The van der Waals surface area contributed by atoms with E-state index in [2.05, 4.69) is 0 Å². The maximum Gasteiger partial charge on any atom is 0.267 e. The van der Waals surface area contributed by atoms with Crippen molar-refractivity contribution in [1.82, 2.24) is 4.90 Å². The van der Waals surface area contributed by atoms with Gasteiger partial charge in [-0.05, 0) is 42.7 Å². The molecular weight excluding hydrogens is 358 g/mol. The number of para-hydroxylation sites is 2. The van der Waals surface area contributed by atoms with Gasteiger partial charge in [0.2, 0.25) is 12.9 Å². The van der Waals surface area contributed by atoms with Crippen LogP contribution >= 0.6 is 0 Å². The molecule has 0 N–H and O–H groups in total. The highest BCUT2D eigenvalue weighted by Gasteiger charge is 2.35. The molecule has 1 aliphatic carbocycles. The van der Waals surface area contributed by atoms with E-state index in [-0.39, 0.29) is 25.3 Å². The van der Waals surface area contributed by atoms with Gasteiger partial charge in [0, 0.05) is 12.6 Å². The molecule has 5 rings (SSSR count). The van der Waals surface area contributed by atoms with Gasteiger partial charge in [-0.1, -0.05) is 31.0 Å². The van der Waals surface area contributed by atoms with E-state index in [9.17, 15) is 4.79 Å². The number of hydrogen-bond donors (Lipinski definition) is 0. The molecule has 0 bridgehead atoms. The third-order valence-corrected chi connectivity index (χ3v) is 5.62. The number of ether oxygens (including phenoxy) is 4. The van der Waals surface area contributed by atoms with Crippen LogP contribution in [0.1, 0.15) is 31.2 Å². The molecule has 6 heteroatoms. The molecule has 3 aliphatic rings. The highest BCUT2D eigenvalue weighted by atomic mass is 16.7. The standard InChI is InChI=1S/C22H23NO5/c24-22(21-13-25-17-7-3-4-8-19(17)28-21)23(16-5-1-2-6-16)12-15-9-10-18-20(11-15)27-14-26-18/h3-4,7-11,16,21H,1-2,5-6,12-14H2/t21-/m1/s1. The quantitative estimate of drug-likeness (QED) is 0.811. The summed E-state index contributed by atoms with van der Waals surface area (Å²) >= 11 is 0. The van der Waals surface area contributed by atoms with Gasteiger partial charge in [0.1, 0.15) is 6.61 Å². The van der Waals surface area contributed by atoms with E-state index < -0.39 is 6.10 Å². The second-order valence-corrected chi connectivity index (χ2v) is 7.46. The lowest BCUT2D eigenvalue weighted by Crippen LogP contribution is -2.49. The van der Waals surface area contributed by atoms with E-state index in [0.717, 1.165) is 42.7 Å². The molecule has 28 heavy (non-hydrogen) atoms. The predicted molar refractivity (Wildman–Crippen MR) is 102 cm³/mol. The van der Waals surface area contributed by atoms with Crippen molar-refractivity contribution in [3.8, 4) is 23.0 Å². The van der Waals surface area contributed by atoms with Gasteiger partial charge >= 0.3 is 0 Å².